The summed E-state index contributed by atoms with van der Waals surface area (Å²) in [6.45, 7) is 2.94. The molecule has 1 aliphatic heterocycles. The molecule has 7 nitrogen and oxygen atoms in total. The van der Waals surface area contributed by atoms with E-state index in [1.807, 2.05) is 17.0 Å². The highest BCUT2D eigenvalue weighted by Crippen LogP contribution is 2.28. The van der Waals surface area contributed by atoms with Crippen molar-refractivity contribution in [1.29, 1.82) is 0 Å². The smallest absolute Gasteiger partial charge is 0.271 e. The normalized spacial score (nSPS) is 14.2. The van der Waals surface area contributed by atoms with E-state index in [2.05, 4.69) is 10.2 Å². The fourth-order valence-corrected chi connectivity index (χ4v) is 3.95. The number of benzene rings is 1. The summed E-state index contributed by atoms with van der Waals surface area (Å²) < 4.78 is 0. The maximum absolute atomic E-state index is 10.9. The molecule has 26 heavy (non-hydrogen) atoms. The van der Waals surface area contributed by atoms with E-state index in [-0.39, 0.29) is 5.69 Å². The van der Waals surface area contributed by atoms with Gasteiger partial charge in [0.1, 0.15) is 0 Å². The van der Waals surface area contributed by atoms with Gasteiger partial charge in [-0.1, -0.05) is 11.6 Å². The lowest BCUT2D eigenvalue weighted by Crippen LogP contribution is -2.49. The molecule has 1 aliphatic rings. The third kappa shape index (κ3) is 4.12. The van der Waals surface area contributed by atoms with Crippen LogP contribution in [0.15, 0.2) is 30.3 Å². The Kier molecular flexibility index (Phi) is 5.70. The number of aldehydes is 1. The highest BCUT2D eigenvalue weighted by molar-refractivity contribution is 7.80. The van der Waals surface area contributed by atoms with Crippen molar-refractivity contribution in [3.8, 4) is 0 Å². The predicted molar refractivity (Wildman–Crippen MR) is 108 cm³/mol. The summed E-state index contributed by atoms with van der Waals surface area (Å²) in [5.74, 6) is 0. The molecule has 0 spiro atoms. The van der Waals surface area contributed by atoms with Crippen LogP contribution in [-0.2, 0) is 0 Å². The number of nitro groups is 1. The number of thiocarbonyl (C=S) groups is 1. The van der Waals surface area contributed by atoms with Crippen LogP contribution in [0, 0.1) is 10.1 Å². The zero-order chi connectivity index (χ0) is 18.7. The summed E-state index contributed by atoms with van der Waals surface area (Å²) in [4.78, 5) is 26.2. The highest BCUT2D eigenvalue weighted by atomic mass is 35.5. The molecule has 10 heteroatoms. The fourth-order valence-electron chi connectivity index (χ4n) is 2.62. The molecule has 0 amide bonds. The van der Waals surface area contributed by atoms with E-state index in [4.69, 9.17) is 23.8 Å². The molecule has 1 fully saturated rings. The van der Waals surface area contributed by atoms with Gasteiger partial charge in [-0.3, -0.25) is 14.9 Å². The van der Waals surface area contributed by atoms with Crippen molar-refractivity contribution in [2.45, 2.75) is 0 Å². The molecule has 1 aromatic heterocycles. The van der Waals surface area contributed by atoms with Crippen molar-refractivity contribution in [1.82, 2.24) is 4.90 Å². The Hall–Kier alpha value is -2.23. The standard InChI is InChI=1S/C16H15ClN4O3S2/c17-13-3-1-11(21(23)24)9-14(13)18-16(25)20-7-5-19(6-8-20)15-4-2-12(10-22)26-15/h1-4,9-10H,5-8H2,(H,18,25). The molecular formula is C16H15ClN4O3S2. The minimum Gasteiger partial charge on any atom is -0.360 e. The number of nitrogens with one attached hydrogen (secondary N) is 1. The van der Waals surface area contributed by atoms with Crippen molar-refractivity contribution in [2.75, 3.05) is 36.4 Å². The minimum atomic E-state index is -0.474. The zero-order valence-electron chi connectivity index (χ0n) is 13.6. The maximum atomic E-state index is 10.9. The van der Waals surface area contributed by atoms with Crippen molar-refractivity contribution >= 4 is 62.9 Å². The van der Waals surface area contributed by atoms with E-state index in [1.54, 1.807) is 0 Å². The first-order valence-electron chi connectivity index (χ1n) is 7.78. The largest absolute Gasteiger partial charge is 0.360 e. The number of hydrogen-bond donors (Lipinski definition) is 1. The molecule has 1 saturated heterocycles. The molecule has 0 aliphatic carbocycles. The number of hydrogen-bond acceptors (Lipinski definition) is 6. The first-order chi connectivity index (χ1) is 12.5. The van der Waals surface area contributed by atoms with Gasteiger partial charge in [0.25, 0.3) is 5.69 Å². The average Bonchev–Trinajstić information content (AvgIpc) is 3.12. The second-order valence-corrected chi connectivity index (χ2v) is 7.51. The molecular weight excluding hydrogens is 396 g/mol. The van der Waals surface area contributed by atoms with E-state index >= 15 is 0 Å². The third-order valence-electron chi connectivity index (χ3n) is 4.01. The molecule has 0 unspecified atom stereocenters. The number of anilines is 2. The number of halogens is 1. The van der Waals surface area contributed by atoms with Crippen LogP contribution in [0.3, 0.4) is 0 Å². The van der Waals surface area contributed by atoms with Gasteiger partial charge < -0.3 is 15.1 Å². The molecule has 0 bridgehead atoms. The predicted octanol–water partition coefficient (Wildman–Crippen LogP) is 3.64. The number of carbonyl (C=O) groups is 1. The molecule has 0 radical (unpaired) electrons. The molecule has 1 aromatic carbocycles. The lowest BCUT2D eigenvalue weighted by Gasteiger charge is -2.36. The summed E-state index contributed by atoms with van der Waals surface area (Å²) in [6, 6.07) is 7.96. The number of nitro benzene ring substituents is 1. The van der Waals surface area contributed by atoms with Crippen LogP contribution in [-0.4, -0.2) is 47.4 Å². The SMILES string of the molecule is O=Cc1ccc(N2CCN(C(=S)Nc3cc([N+](=O)[O-])ccc3Cl)CC2)s1. The number of thiophene rings is 1. The van der Waals surface area contributed by atoms with E-state index in [0.29, 0.717) is 33.8 Å². The van der Waals surface area contributed by atoms with Crippen LogP contribution in [0.4, 0.5) is 16.4 Å². The molecule has 0 atom stereocenters. The minimum absolute atomic E-state index is 0.0480. The van der Waals surface area contributed by atoms with E-state index in [9.17, 15) is 14.9 Å². The summed E-state index contributed by atoms with van der Waals surface area (Å²) in [5.41, 5.74) is 0.371. The van der Waals surface area contributed by atoms with Crippen molar-refractivity contribution in [3.05, 3.63) is 50.3 Å². The van der Waals surface area contributed by atoms with Gasteiger partial charge in [0, 0.05) is 38.3 Å². The Morgan fingerprint density at radius 1 is 1.27 bits per heavy atom. The number of carbonyl (C=O) groups excluding carboxylic acids is 1. The molecule has 0 saturated carbocycles. The third-order valence-corrected chi connectivity index (χ3v) is 5.77. The first-order valence-corrected chi connectivity index (χ1v) is 9.38. The lowest BCUT2D eigenvalue weighted by molar-refractivity contribution is -0.384. The van der Waals surface area contributed by atoms with E-state index in [1.165, 1.54) is 29.5 Å². The molecule has 2 heterocycles. The topological polar surface area (TPSA) is 78.7 Å². The number of non-ortho nitro benzene ring substituents is 1. The summed E-state index contributed by atoms with van der Waals surface area (Å²) in [7, 11) is 0. The Morgan fingerprint density at radius 3 is 2.62 bits per heavy atom. The monoisotopic (exact) mass is 410 g/mol. The van der Waals surface area contributed by atoms with E-state index < -0.39 is 4.92 Å². The van der Waals surface area contributed by atoms with Crippen LogP contribution in [0.25, 0.3) is 0 Å². The Bertz CT molecular complexity index is 850. The second kappa shape index (κ2) is 7.98. The van der Waals surface area contributed by atoms with Gasteiger partial charge in [-0.15, -0.1) is 11.3 Å². The van der Waals surface area contributed by atoms with Gasteiger partial charge >= 0.3 is 0 Å². The van der Waals surface area contributed by atoms with Gasteiger partial charge in [0.15, 0.2) is 11.4 Å². The van der Waals surface area contributed by atoms with Gasteiger partial charge in [-0.2, -0.15) is 0 Å². The zero-order valence-corrected chi connectivity index (χ0v) is 15.9. The van der Waals surface area contributed by atoms with Gasteiger partial charge in [0.2, 0.25) is 0 Å². The quantitative estimate of drug-likeness (QED) is 0.356. The van der Waals surface area contributed by atoms with Gasteiger partial charge in [-0.25, -0.2) is 0 Å². The maximum Gasteiger partial charge on any atom is 0.271 e. The number of piperazine rings is 1. The van der Waals surface area contributed by atoms with Crippen LogP contribution in [0.5, 0.6) is 0 Å². The molecule has 136 valence electrons. The molecule has 3 rings (SSSR count). The summed E-state index contributed by atoms with van der Waals surface area (Å²) >= 11 is 13.0. The second-order valence-electron chi connectivity index (χ2n) is 5.62. The van der Waals surface area contributed by atoms with Crippen molar-refractivity contribution < 1.29 is 9.72 Å². The van der Waals surface area contributed by atoms with Crippen LogP contribution >= 0.6 is 35.2 Å². The number of rotatable bonds is 4. The van der Waals surface area contributed by atoms with Crippen molar-refractivity contribution in [2.24, 2.45) is 0 Å². The van der Waals surface area contributed by atoms with Crippen LogP contribution in [0.2, 0.25) is 5.02 Å². The van der Waals surface area contributed by atoms with Crippen LogP contribution < -0.4 is 10.2 Å². The average molecular weight is 411 g/mol. The molecule has 1 N–H and O–H groups in total. The fraction of sp³-hybridized carbons (Fsp3) is 0.250. The van der Waals surface area contributed by atoms with Gasteiger partial charge in [-0.05, 0) is 30.4 Å². The summed E-state index contributed by atoms with van der Waals surface area (Å²) in [5, 5.41) is 15.8. The Morgan fingerprint density at radius 2 is 2.00 bits per heavy atom. The van der Waals surface area contributed by atoms with E-state index in [0.717, 1.165) is 24.4 Å². The van der Waals surface area contributed by atoms with Crippen molar-refractivity contribution in [3.63, 3.8) is 0 Å². The Balaban J connectivity index is 1.61. The van der Waals surface area contributed by atoms with Gasteiger partial charge in [0.05, 0.1) is 25.5 Å². The Labute approximate surface area is 164 Å². The first kappa shape index (κ1) is 18.6. The van der Waals surface area contributed by atoms with Crippen LogP contribution in [0.1, 0.15) is 9.67 Å². The summed E-state index contributed by atoms with van der Waals surface area (Å²) in [6.07, 6.45) is 0.853. The highest BCUT2D eigenvalue weighted by Gasteiger charge is 2.21. The molecule has 2 aromatic rings. The number of nitrogens with zero attached hydrogens (tertiary/aromatic N) is 3. The lowest BCUT2D eigenvalue weighted by atomic mass is 10.3.